The topological polar surface area (TPSA) is 49.4 Å². The molecule has 4 nitrogen and oxygen atoms in total. The second-order valence-corrected chi connectivity index (χ2v) is 7.19. The highest BCUT2D eigenvalue weighted by atomic mass is 32.2. The lowest BCUT2D eigenvalue weighted by Gasteiger charge is -2.30. The number of hydrogen-bond donors (Lipinski definition) is 1. The van der Waals surface area contributed by atoms with E-state index in [0.29, 0.717) is 18.1 Å². The van der Waals surface area contributed by atoms with Gasteiger partial charge in [-0.1, -0.05) is 6.42 Å². The highest BCUT2D eigenvalue weighted by molar-refractivity contribution is 7.91. The number of hydrogen-bond acceptors (Lipinski definition) is 4. The maximum absolute atomic E-state index is 11.5. The molecule has 2 aliphatic rings. The monoisotopic (exact) mass is 246 g/mol. The Morgan fingerprint density at radius 2 is 1.94 bits per heavy atom. The van der Waals surface area contributed by atoms with E-state index < -0.39 is 9.84 Å². The molecular formula is C11H22N2O2S. The fraction of sp³-hybridized carbons (Fsp3) is 1.00. The van der Waals surface area contributed by atoms with E-state index in [4.69, 9.17) is 0 Å². The zero-order valence-electron chi connectivity index (χ0n) is 9.82. The average molecular weight is 246 g/mol. The molecule has 2 heterocycles. The number of nitrogens with zero attached hydrogens (tertiary/aromatic N) is 1. The van der Waals surface area contributed by atoms with Gasteiger partial charge in [0.25, 0.3) is 0 Å². The predicted molar refractivity (Wildman–Crippen MR) is 65.4 cm³/mol. The van der Waals surface area contributed by atoms with Crippen LogP contribution in [-0.2, 0) is 9.84 Å². The van der Waals surface area contributed by atoms with Crippen LogP contribution in [-0.4, -0.2) is 57.0 Å². The molecule has 0 saturated carbocycles. The minimum absolute atomic E-state index is 0.181. The van der Waals surface area contributed by atoms with Gasteiger partial charge in [0.05, 0.1) is 11.5 Å². The van der Waals surface area contributed by atoms with Gasteiger partial charge in [0.1, 0.15) is 0 Å². The van der Waals surface area contributed by atoms with Crippen LogP contribution in [0.5, 0.6) is 0 Å². The van der Waals surface area contributed by atoms with Crippen molar-refractivity contribution in [1.29, 1.82) is 0 Å². The normalized spacial score (nSPS) is 31.4. The molecule has 1 atom stereocenters. The molecule has 0 bridgehead atoms. The Labute approximate surface area is 98.3 Å². The molecule has 16 heavy (non-hydrogen) atoms. The molecule has 0 aromatic carbocycles. The number of likely N-dealkylation sites (tertiary alicyclic amines) is 1. The third kappa shape index (κ3) is 3.71. The first-order valence-corrected chi connectivity index (χ1v) is 8.14. The zero-order chi connectivity index (χ0) is 11.4. The number of nitrogens with one attached hydrogen (secondary N) is 1. The van der Waals surface area contributed by atoms with Crippen LogP contribution in [0.25, 0.3) is 0 Å². The van der Waals surface area contributed by atoms with Crippen LogP contribution in [0.1, 0.15) is 25.7 Å². The van der Waals surface area contributed by atoms with Crippen LogP contribution in [0.2, 0.25) is 0 Å². The largest absolute Gasteiger partial charge is 0.312 e. The Kier molecular flexibility index (Phi) is 4.21. The fourth-order valence-electron chi connectivity index (χ4n) is 2.57. The van der Waals surface area contributed by atoms with Gasteiger partial charge in [-0.3, -0.25) is 0 Å². The van der Waals surface area contributed by atoms with Crippen LogP contribution in [0.3, 0.4) is 0 Å². The molecule has 0 aliphatic carbocycles. The highest BCUT2D eigenvalue weighted by Crippen LogP contribution is 2.11. The lowest BCUT2D eigenvalue weighted by Crippen LogP contribution is -2.46. The van der Waals surface area contributed by atoms with E-state index in [2.05, 4.69) is 10.2 Å². The maximum Gasteiger partial charge on any atom is 0.153 e. The van der Waals surface area contributed by atoms with Gasteiger partial charge in [-0.25, -0.2) is 8.42 Å². The Morgan fingerprint density at radius 1 is 1.19 bits per heavy atom. The Balaban J connectivity index is 1.72. The van der Waals surface area contributed by atoms with Gasteiger partial charge in [0.15, 0.2) is 9.84 Å². The summed E-state index contributed by atoms with van der Waals surface area (Å²) >= 11 is 0. The molecule has 1 unspecified atom stereocenters. The average Bonchev–Trinajstić information content (AvgIpc) is 2.27. The summed E-state index contributed by atoms with van der Waals surface area (Å²) in [6, 6.07) is 0.181. The van der Waals surface area contributed by atoms with Crippen LogP contribution >= 0.6 is 0 Å². The summed E-state index contributed by atoms with van der Waals surface area (Å²) in [4.78, 5) is 2.46. The number of piperidine rings is 1. The molecule has 0 spiro atoms. The van der Waals surface area contributed by atoms with Gasteiger partial charge in [0, 0.05) is 12.6 Å². The van der Waals surface area contributed by atoms with Crippen LogP contribution < -0.4 is 5.32 Å². The lowest BCUT2D eigenvalue weighted by atomic mass is 10.1. The summed E-state index contributed by atoms with van der Waals surface area (Å²) in [5.74, 6) is 0.647. The lowest BCUT2D eigenvalue weighted by molar-refractivity contribution is 0.218. The predicted octanol–water partition coefficient (Wildman–Crippen LogP) is 0.249. The van der Waals surface area contributed by atoms with E-state index in [1.165, 1.54) is 32.4 Å². The van der Waals surface area contributed by atoms with Gasteiger partial charge < -0.3 is 10.2 Å². The summed E-state index contributed by atoms with van der Waals surface area (Å²) in [5, 5.41) is 3.31. The standard InChI is InChI=1S/C11H22N2O2S/c14-16(15)9-5-12-11(10-16)4-8-13-6-2-1-3-7-13/h11-12H,1-10H2. The maximum atomic E-state index is 11.5. The van der Waals surface area contributed by atoms with Crippen molar-refractivity contribution in [1.82, 2.24) is 10.2 Å². The van der Waals surface area contributed by atoms with E-state index >= 15 is 0 Å². The molecule has 0 radical (unpaired) electrons. The van der Waals surface area contributed by atoms with E-state index in [1.807, 2.05) is 0 Å². The SMILES string of the molecule is O=S1(=O)CCNC(CCN2CCCCC2)C1. The van der Waals surface area contributed by atoms with Crippen molar-refractivity contribution in [3.05, 3.63) is 0 Å². The van der Waals surface area contributed by atoms with E-state index in [0.717, 1.165) is 13.0 Å². The first kappa shape index (κ1) is 12.3. The van der Waals surface area contributed by atoms with Crippen molar-refractivity contribution >= 4 is 9.84 Å². The summed E-state index contributed by atoms with van der Waals surface area (Å²) in [7, 11) is -2.77. The smallest absolute Gasteiger partial charge is 0.153 e. The molecule has 2 rings (SSSR count). The molecule has 0 amide bonds. The minimum atomic E-state index is -2.77. The quantitative estimate of drug-likeness (QED) is 0.775. The molecule has 1 N–H and O–H groups in total. The molecule has 0 aromatic rings. The van der Waals surface area contributed by atoms with E-state index in [-0.39, 0.29) is 6.04 Å². The van der Waals surface area contributed by atoms with Crippen LogP contribution in [0.15, 0.2) is 0 Å². The van der Waals surface area contributed by atoms with Crippen molar-refractivity contribution in [2.45, 2.75) is 31.7 Å². The minimum Gasteiger partial charge on any atom is -0.312 e. The van der Waals surface area contributed by atoms with Gasteiger partial charge in [-0.15, -0.1) is 0 Å². The third-order valence-corrected chi connectivity index (χ3v) is 5.28. The van der Waals surface area contributed by atoms with Crippen LogP contribution in [0.4, 0.5) is 0 Å². The summed E-state index contributed by atoms with van der Waals surface area (Å²) in [6.45, 7) is 4.07. The molecular weight excluding hydrogens is 224 g/mol. The van der Waals surface area contributed by atoms with Crippen LogP contribution in [0, 0.1) is 0 Å². The van der Waals surface area contributed by atoms with Gasteiger partial charge in [-0.2, -0.15) is 0 Å². The second kappa shape index (κ2) is 5.47. The van der Waals surface area contributed by atoms with Crippen molar-refractivity contribution in [2.24, 2.45) is 0 Å². The molecule has 2 aliphatic heterocycles. The van der Waals surface area contributed by atoms with Crippen molar-refractivity contribution in [2.75, 3.05) is 37.7 Å². The molecule has 2 saturated heterocycles. The molecule has 94 valence electrons. The van der Waals surface area contributed by atoms with E-state index in [9.17, 15) is 8.42 Å². The first-order chi connectivity index (χ1) is 7.66. The summed E-state index contributed by atoms with van der Waals surface area (Å²) in [6.07, 6.45) is 4.93. The zero-order valence-corrected chi connectivity index (χ0v) is 10.6. The van der Waals surface area contributed by atoms with E-state index in [1.54, 1.807) is 0 Å². The molecule has 5 heteroatoms. The highest BCUT2D eigenvalue weighted by Gasteiger charge is 2.24. The van der Waals surface area contributed by atoms with Crippen molar-refractivity contribution in [3.63, 3.8) is 0 Å². The Hall–Kier alpha value is -0.130. The Bertz CT molecular complexity index is 310. The fourth-order valence-corrected chi connectivity index (χ4v) is 4.07. The Morgan fingerprint density at radius 3 is 2.62 bits per heavy atom. The van der Waals surface area contributed by atoms with Crippen molar-refractivity contribution in [3.8, 4) is 0 Å². The number of sulfone groups is 1. The molecule has 2 fully saturated rings. The third-order valence-electron chi connectivity index (χ3n) is 3.54. The molecule has 0 aromatic heterocycles. The van der Waals surface area contributed by atoms with Gasteiger partial charge in [-0.05, 0) is 38.9 Å². The van der Waals surface area contributed by atoms with Gasteiger partial charge >= 0.3 is 0 Å². The summed E-state index contributed by atoms with van der Waals surface area (Å²) in [5.41, 5.74) is 0. The second-order valence-electron chi connectivity index (χ2n) is 4.96. The van der Waals surface area contributed by atoms with Gasteiger partial charge in [0.2, 0.25) is 0 Å². The van der Waals surface area contributed by atoms with Crippen molar-refractivity contribution < 1.29 is 8.42 Å². The first-order valence-electron chi connectivity index (χ1n) is 6.32. The number of rotatable bonds is 3. The summed E-state index contributed by atoms with van der Waals surface area (Å²) < 4.78 is 22.9.